The van der Waals surface area contributed by atoms with Crippen LogP contribution in [-0.4, -0.2) is 39.5 Å². The summed E-state index contributed by atoms with van der Waals surface area (Å²) in [4.78, 5) is 26.1. The first kappa shape index (κ1) is 20.6. The molecule has 0 saturated heterocycles. The molecule has 0 saturated carbocycles. The van der Waals surface area contributed by atoms with E-state index in [0.29, 0.717) is 23.5 Å². The van der Waals surface area contributed by atoms with Crippen LogP contribution in [-0.2, 0) is 14.8 Å². The van der Waals surface area contributed by atoms with Crippen LogP contribution in [0.1, 0.15) is 29.8 Å². The quantitative estimate of drug-likeness (QED) is 0.684. The van der Waals surface area contributed by atoms with Crippen molar-refractivity contribution in [1.29, 1.82) is 0 Å². The molecule has 144 valence electrons. The second-order valence-electron chi connectivity index (χ2n) is 6.35. The van der Waals surface area contributed by atoms with E-state index in [1.54, 1.807) is 23.1 Å². The zero-order valence-corrected chi connectivity index (χ0v) is 16.8. The van der Waals surface area contributed by atoms with Crippen molar-refractivity contribution in [2.24, 2.45) is 0 Å². The normalized spacial score (nSPS) is 11.1. The number of carbonyl (C=O) groups is 2. The van der Waals surface area contributed by atoms with E-state index in [4.69, 9.17) is 0 Å². The molecule has 6 nitrogen and oxygen atoms in total. The van der Waals surface area contributed by atoms with Gasteiger partial charge in [-0.1, -0.05) is 24.3 Å². The number of nitrogens with zero attached hydrogens (tertiary/aromatic N) is 2. The third kappa shape index (κ3) is 5.17. The van der Waals surface area contributed by atoms with Gasteiger partial charge in [0.1, 0.15) is 6.54 Å². The number of rotatable bonds is 7. The molecule has 2 rings (SSSR count). The third-order valence-electron chi connectivity index (χ3n) is 4.15. The van der Waals surface area contributed by atoms with E-state index in [1.165, 1.54) is 13.0 Å². The summed E-state index contributed by atoms with van der Waals surface area (Å²) in [6, 6.07) is 13.7. The molecule has 1 amide bonds. The minimum atomic E-state index is -3.71. The Labute approximate surface area is 160 Å². The van der Waals surface area contributed by atoms with Gasteiger partial charge in [-0.2, -0.15) is 0 Å². The molecule has 0 N–H and O–H groups in total. The number of aryl methyl sites for hydroxylation is 1. The Kier molecular flexibility index (Phi) is 6.38. The maximum atomic E-state index is 12.9. The fourth-order valence-electron chi connectivity index (χ4n) is 2.79. The van der Waals surface area contributed by atoms with E-state index in [1.807, 2.05) is 38.1 Å². The lowest BCUT2D eigenvalue weighted by Crippen LogP contribution is -2.43. The molecule has 2 aromatic rings. The van der Waals surface area contributed by atoms with Crippen molar-refractivity contribution in [1.82, 2.24) is 0 Å². The number of anilines is 2. The largest absolute Gasteiger partial charge is 0.311 e. The van der Waals surface area contributed by atoms with Gasteiger partial charge in [0.2, 0.25) is 15.9 Å². The molecule has 0 radical (unpaired) electrons. The Balaban J connectivity index is 2.37. The Morgan fingerprint density at radius 2 is 1.63 bits per heavy atom. The Morgan fingerprint density at radius 1 is 1.00 bits per heavy atom. The van der Waals surface area contributed by atoms with Crippen molar-refractivity contribution in [2.45, 2.75) is 20.8 Å². The molecule has 0 aliphatic rings. The van der Waals surface area contributed by atoms with Crippen molar-refractivity contribution in [2.75, 3.05) is 28.6 Å². The van der Waals surface area contributed by atoms with E-state index < -0.39 is 10.0 Å². The maximum absolute atomic E-state index is 12.9. The molecule has 0 unspecified atom stereocenters. The number of ketones is 1. The first-order chi connectivity index (χ1) is 12.6. The predicted molar refractivity (Wildman–Crippen MR) is 108 cm³/mol. The molecule has 0 spiro atoms. The maximum Gasteiger partial charge on any atom is 0.247 e. The highest BCUT2D eigenvalue weighted by Crippen LogP contribution is 2.21. The van der Waals surface area contributed by atoms with Crippen molar-refractivity contribution in [3.63, 3.8) is 0 Å². The molecule has 27 heavy (non-hydrogen) atoms. The average Bonchev–Trinajstić information content (AvgIpc) is 2.59. The smallest absolute Gasteiger partial charge is 0.247 e. The molecular formula is C20H24N2O4S. The lowest BCUT2D eigenvalue weighted by Gasteiger charge is -2.27. The monoisotopic (exact) mass is 388 g/mol. The lowest BCUT2D eigenvalue weighted by molar-refractivity contribution is -0.117. The highest BCUT2D eigenvalue weighted by Gasteiger charge is 2.24. The summed E-state index contributed by atoms with van der Waals surface area (Å²) in [5.74, 6) is -0.520. The van der Waals surface area contributed by atoms with Gasteiger partial charge in [-0.3, -0.25) is 13.9 Å². The number of carbonyl (C=O) groups excluding carboxylic acids is 2. The van der Waals surface area contributed by atoms with E-state index in [9.17, 15) is 18.0 Å². The molecule has 0 aliphatic heterocycles. The summed E-state index contributed by atoms with van der Waals surface area (Å²) in [5, 5.41) is 0. The first-order valence-corrected chi connectivity index (χ1v) is 10.4. The van der Waals surface area contributed by atoms with Crippen LogP contribution in [0.25, 0.3) is 0 Å². The van der Waals surface area contributed by atoms with Gasteiger partial charge in [0, 0.05) is 17.8 Å². The number of benzene rings is 2. The number of hydrogen-bond donors (Lipinski definition) is 0. The zero-order valence-electron chi connectivity index (χ0n) is 16.0. The summed E-state index contributed by atoms with van der Waals surface area (Å²) in [5.41, 5.74) is 2.40. The Hall–Kier alpha value is -2.67. The fourth-order valence-corrected chi connectivity index (χ4v) is 3.63. The number of sulfonamides is 1. The van der Waals surface area contributed by atoms with Gasteiger partial charge in [0.15, 0.2) is 5.78 Å². The number of amides is 1. The summed E-state index contributed by atoms with van der Waals surface area (Å²) in [6.45, 7) is 5.24. The van der Waals surface area contributed by atoms with Crippen molar-refractivity contribution < 1.29 is 18.0 Å². The van der Waals surface area contributed by atoms with Gasteiger partial charge < -0.3 is 4.90 Å². The van der Waals surface area contributed by atoms with Crippen molar-refractivity contribution in [3.05, 3.63) is 59.7 Å². The molecule has 2 aromatic carbocycles. The van der Waals surface area contributed by atoms with Gasteiger partial charge in [-0.15, -0.1) is 0 Å². The number of hydrogen-bond acceptors (Lipinski definition) is 4. The van der Waals surface area contributed by atoms with Gasteiger partial charge >= 0.3 is 0 Å². The van der Waals surface area contributed by atoms with E-state index in [0.717, 1.165) is 16.1 Å². The van der Waals surface area contributed by atoms with E-state index >= 15 is 0 Å². The fraction of sp³-hybridized carbons (Fsp3) is 0.300. The van der Waals surface area contributed by atoms with E-state index in [-0.39, 0.29) is 18.2 Å². The van der Waals surface area contributed by atoms with E-state index in [2.05, 4.69) is 0 Å². The van der Waals surface area contributed by atoms with Crippen LogP contribution in [0.5, 0.6) is 0 Å². The van der Waals surface area contributed by atoms with Crippen LogP contribution in [0, 0.1) is 6.92 Å². The van der Waals surface area contributed by atoms with Gasteiger partial charge in [0.05, 0.1) is 11.9 Å². The standard InChI is InChI=1S/C20H24N2O4S/c1-5-21(18-10-6-8-15(2)12-18)20(24)14-22(27(4,25)26)19-11-7-9-17(13-19)16(3)23/h6-13H,5,14H2,1-4H3. The molecular weight excluding hydrogens is 364 g/mol. The molecule has 0 aliphatic carbocycles. The van der Waals surface area contributed by atoms with Crippen LogP contribution in [0.2, 0.25) is 0 Å². The second kappa shape index (κ2) is 8.35. The highest BCUT2D eigenvalue weighted by atomic mass is 32.2. The molecule has 0 fully saturated rings. The molecule has 7 heteroatoms. The summed E-state index contributed by atoms with van der Waals surface area (Å²) in [6.07, 6.45) is 1.05. The van der Waals surface area contributed by atoms with Crippen LogP contribution in [0.15, 0.2) is 48.5 Å². The van der Waals surface area contributed by atoms with Crippen molar-refractivity contribution >= 4 is 33.1 Å². The molecule has 0 heterocycles. The minimum Gasteiger partial charge on any atom is -0.311 e. The molecule has 0 aromatic heterocycles. The first-order valence-electron chi connectivity index (χ1n) is 8.59. The lowest BCUT2D eigenvalue weighted by atomic mass is 10.1. The third-order valence-corrected chi connectivity index (χ3v) is 5.29. The van der Waals surface area contributed by atoms with Crippen LogP contribution >= 0.6 is 0 Å². The SMILES string of the molecule is CCN(C(=O)CN(c1cccc(C(C)=O)c1)S(C)(=O)=O)c1cccc(C)c1. The van der Waals surface area contributed by atoms with Gasteiger partial charge in [0.25, 0.3) is 0 Å². The minimum absolute atomic E-state index is 0.174. The topological polar surface area (TPSA) is 74.8 Å². The predicted octanol–water partition coefficient (Wildman–Crippen LogP) is 3.02. The van der Waals surface area contributed by atoms with Crippen molar-refractivity contribution in [3.8, 4) is 0 Å². The second-order valence-corrected chi connectivity index (χ2v) is 8.26. The van der Waals surface area contributed by atoms with Gasteiger partial charge in [-0.25, -0.2) is 8.42 Å². The summed E-state index contributed by atoms with van der Waals surface area (Å²) >= 11 is 0. The Bertz CT molecular complexity index is 954. The molecule has 0 atom stereocenters. The average molecular weight is 388 g/mol. The van der Waals surface area contributed by atoms with Crippen LogP contribution < -0.4 is 9.21 Å². The number of likely N-dealkylation sites (N-methyl/N-ethyl adjacent to an activating group) is 1. The van der Waals surface area contributed by atoms with Crippen LogP contribution in [0.4, 0.5) is 11.4 Å². The number of Topliss-reactive ketones (excluding diaryl/α,β-unsaturated/α-hetero) is 1. The highest BCUT2D eigenvalue weighted by molar-refractivity contribution is 7.92. The van der Waals surface area contributed by atoms with Gasteiger partial charge in [-0.05, 0) is 50.6 Å². The summed E-state index contributed by atoms with van der Waals surface area (Å²) in [7, 11) is -3.71. The Morgan fingerprint density at radius 3 is 2.19 bits per heavy atom. The zero-order chi connectivity index (χ0) is 20.2. The molecule has 0 bridgehead atoms. The summed E-state index contributed by atoms with van der Waals surface area (Å²) < 4.78 is 25.7. The van der Waals surface area contributed by atoms with Crippen LogP contribution in [0.3, 0.4) is 0 Å².